The number of aryl methyl sites for hydroxylation is 2. The van der Waals surface area contributed by atoms with Crippen molar-refractivity contribution in [3.8, 4) is 0 Å². The van der Waals surface area contributed by atoms with Crippen LogP contribution in [-0.4, -0.2) is 13.0 Å². The van der Waals surface area contributed by atoms with Crippen molar-refractivity contribution < 1.29 is 4.79 Å². The van der Waals surface area contributed by atoms with Crippen molar-refractivity contribution in [2.24, 2.45) is 0 Å². The number of carbonyl (C=O) groups excluding carboxylic acids is 1. The maximum Gasteiger partial charge on any atom is 0.220 e. The number of nitrogens with one attached hydrogen (secondary N) is 1. The van der Waals surface area contributed by atoms with Gasteiger partial charge in [0, 0.05) is 13.5 Å². The summed E-state index contributed by atoms with van der Waals surface area (Å²) in [6.45, 7) is 10.7. The molecule has 2 nitrogen and oxygen atoms in total. The lowest BCUT2D eigenvalue weighted by Gasteiger charge is -2.20. The average Bonchev–Trinajstić information content (AvgIpc) is 2.26. The van der Waals surface area contributed by atoms with Gasteiger partial charge < -0.3 is 5.32 Å². The van der Waals surface area contributed by atoms with Crippen LogP contribution in [0.15, 0.2) is 6.07 Å². The zero-order valence-electron chi connectivity index (χ0n) is 11.8. The molecular formula is C15H23NO. The Morgan fingerprint density at radius 1 is 1.18 bits per heavy atom. The molecule has 0 aliphatic heterocycles. The van der Waals surface area contributed by atoms with Gasteiger partial charge in [0.1, 0.15) is 0 Å². The van der Waals surface area contributed by atoms with E-state index >= 15 is 0 Å². The fourth-order valence-electron chi connectivity index (χ4n) is 2.47. The van der Waals surface area contributed by atoms with Crippen molar-refractivity contribution in [2.75, 3.05) is 7.05 Å². The van der Waals surface area contributed by atoms with Gasteiger partial charge in [-0.05, 0) is 61.4 Å². The van der Waals surface area contributed by atoms with Crippen LogP contribution in [0.4, 0.5) is 0 Å². The summed E-state index contributed by atoms with van der Waals surface area (Å²) in [5, 5.41) is 2.69. The van der Waals surface area contributed by atoms with Crippen molar-refractivity contribution in [1.29, 1.82) is 0 Å². The number of hydrogen-bond acceptors (Lipinski definition) is 1. The first-order valence-electron chi connectivity index (χ1n) is 6.16. The van der Waals surface area contributed by atoms with Gasteiger partial charge in [0.2, 0.25) is 5.91 Å². The second kappa shape index (κ2) is 5.35. The van der Waals surface area contributed by atoms with Gasteiger partial charge in [-0.3, -0.25) is 4.79 Å². The highest BCUT2D eigenvalue weighted by atomic mass is 16.1. The fourth-order valence-corrected chi connectivity index (χ4v) is 2.47. The highest BCUT2D eigenvalue weighted by molar-refractivity contribution is 5.76. The maximum absolute atomic E-state index is 11.5. The molecule has 0 saturated heterocycles. The predicted octanol–water partition coefficient (Wildman–Crippen LogP) is 3.16. The highest BCUT2D eigenvalue weighted by Gasteiger charge is 2.17. The van der Waals surface area contributed by atoms with Gasteiger partial charge in [-0.2, -0.15) is 0 Å². The van der Waals surface area contributed by atoms with E-state index in [1.165, 1.54) is 27.8 Å². The molecule has 1 aromatic rings. The molecule has 0 spiro atoms. The van der Waals surface area contributed by atoms with E-state index in [1.807, 2.05) is 0 Å². The fraction of sp³-hybridized carbons (Fsp3) is 0.533. The Morgan fingerprint density at radius 2 is 1.65 bits per heavy atom. The third kappa shape index (κ3) is 2.87. The highest BCUT2D eigenvalue weighted by Crippen LogP contribution is 2.30. The molecule has 94 valence electrons. The van der Waals surface area contributed by atoms with Crippen molar-refractivity contribution in [3.05, 3.63) is 33.9 Å². The van der Waals surface area contributed by atoms with Crippen molar-refractivity contribution in [3.63, 3.8) is 0 Å². The number of amides is 1. The third-order valence-corrected chi connectivity index (χ3v) is 3.69. The molecule has 0 fully saturated rings. The number of benzene rings is 1. The van der Waals surface area contributed by atoms with Crippen LogP contribution < -0.4 is 5.32 Å². The first-order chi connectivity index (χ1) is 7.88. The standard InChI is InChI=1S/C15H23NO/c1-9-7-10(2)13(5)15(12(9)4)11(3)8-14(17)16-6/h7,11H,8H2,1-6H3,(H,16,17). The van der Waals surface area contributed by atoms with Gasteiger partial charge in [-0.15, -0.1) is 0 Å². The van der Waals surface area contributed by atoms with Gasteiger partial charge in [0.15, 0.2) is 0 Å². The zero-order chi connectivity index (χ0) is 13.2. The van der Waals surface area contributed by atoms with Gasteiger partial charge in [-0.25, -0.2) is 0 Å². The predicted molar refractivity (Wildman–Crippen MR) is 72.5 cm³/mol. The number of rotatable bonds is 3. The SMILES string of the molecule is CNC(=O)CC(C)c1c(C)c(C)cc(C)c1C. The first-order valence-corrected chi connectivity index (χ1v) is 6.16. The van der Waals surface area contributed by atoms with E-state index < -0.39 is 0 Å². The van der Waals surface area contributed by atoms with Crippen LogP contribution in [0, 0.1) is 27.7 Å². The van der Waals surface area contributed by atoms with Crippen LogP contribution in [-0.2, 0) is 4.79 Å². The van der Waals surface area contributed by atoms with Gasteiger partial charge in [0.05, 0.1) is 0 Å². The van der Waals surface area contributed by atoms with Crippen LogP contribution in [0.3, 0.4) is 0 Å². The monoisotopic (exact) mass is 233 g/mol. The summed E-state index contributed by atoms with van der Waals surface area (Å²) in [5.74, 6) is 0.379. The molecule has 0 aromatic heterocycles. The minimum absolute atomic E-state index is 0.107. The average molecular weight is 233 g/mol. The Kier molecular flexibility index (Phi) is 4.33. The normalized spacial score (nSPS) is 12.4. The van der Waals surface area contributed by atoms with Crippen molar-refractivity contribution in [2.45, 2.75) is 47.0 Å². The third-order valence-electron chi connectivity index (χ3n) is 3.69. The smallest absolute Gasteiger partial charge is 0.220 e. The lowest BCUT2D eigenvalue weighted by molar-refractivity contribution is -0.120. The maximum atomic E-state index is 11.5. The van der Waals surface area contributed by atoms with E-state index in [0.717, 1.165) is 0 Å². The van der Waals surface area contributed by atoms with Crippen molar-refractivity contribution >= 4 is 5.91 Å². The molecule has 0 aliphatic carbocycles. The van der Waals surface area contributed by atoms with Crippen molar-refractivity contribution in [1.82, 2.24) is 5.32 Å². The Morgan fingerprint density at radius 3 is 2.06 bits per heavy atom. The van der Waals surface area contributed by atoms with Crippen LogP contribution in [0.25, 0.3) is 0 Å². The van der Waals surface area contributed by atoms with E-state index in [9.17, 15) is 4.79 Å². The van der Waals surface area contributed by atoms with Crippen LogP contribution in [0.5, 0.6) is 0 Å². The van der Waals surface area contributed by atoms with E-state index in [4.69, 9.17) is 0 Å². The summed E-state index contributed by atoms with van der Waals surface area (Å²) < 4.78 is 0. The van der Waals surface area contributed by atoms with E-state index in [0.29, 0.717) is 6.42 Å². The summed E-state index contributed by atoms with van der Waals surface area (Å²) >= 11 is 0. The van der Waals surface area contributed by atoms with Crippen LogP contribution in [0.2, 0.25) is 0 Å². The van der Waals surface area contributed by atoms with Gasteiger partial charge in [-0.1, -0.05) is 13.0 Å². The molecule has 1 rings (SSSR count). The molecule has 17 heavy (non-hydrogen) atoms. The molecule has 0 aliphatic rings. The quantitative estimate of drug-likeness (QED) is 0.853. The zero-order valence-corrected chi connectivity index (χ0v) is 11.8. The van der Waals surface area contributed by atoms with Crippen LogP contribution in [0.1, 0.15) is 47.1 Å². The minimum atomic E-state index is 0.107. The molecule has 1 unspecified atom stereocenters. The molecular weight excluding hydrogens is 210 g/mol. The molecule has 0 saturated carbocycles. The molecule has 1 amide bonds. The summed E-state index contributed by atoms with van der Waals surface area (Å²) in [4.78, 5) is 11.5. The van der Waals surface area contributed by atoms with Gasteiger partial charge >= 0.3 is 0 Å². The van der Waals surface area contributed by atoms with E-state index in [-0.39, 0.29) is 11.8 Å². The Hall–Kier alpha value is -1.31. The summed E-state index contributed by atoms with van der Waals surface area (Å²) in [6.07, 6.45) is 0.557. The topological polar surface area (TPSA) is 29.1 Å². The Labute approximate surface area is 104 Å². The molecule has 0 radical (unpaired) electrons. The summed E-state index contributed by atoms with van der Waals surface area (Å²) in [6, 6.07) is 2.22. The van der Waals surface area contributed by atoms with Gasteiger partial charge in [0.25, 0.3) is 0 Å². The molecule has 1 N–H and O–H groups in total. The molecule has 1 atom stereocenters. The second-order valence-corrected chi connectivity index (χ2v) is 4.95. The largest absolute Gasteiger partial charge is 0.359 e. The summed E-state index contributed by atoms with van der Waals surface area (Å²) in [7, 11) is 1.69. The molecule has 0 bridgehead atoms. The number of carbonyl (C=O) groups is 1. The van der Waals surface area contributed by atoms with E-state index in [1.54, 1.807) is 7.05 Å². The Bertz CT molecular complexity index is 409. The first kappa shape index (κ1) is 13.8. The van der Waals surface area contributed by atoms with E-state index in [2.05, 4.69) is 46.0 Å². The second-order valence-electron chi connectivity index (χ2n) is 4.95. The molecule has 0 heterocycles. The Balaban J connectivity index is 3.16. The summed E-state index contributed by atoms with van der Waals surface area (Å²) in [5.41, 5.74) is 6.61. The van der Waals surface area contributed by atoms with Crippen LogP contribution >= 0.6 is 0 Å². The number of hydrogen-bond donors (Lipinski definition) is 1. The lowest BCUT2D eigenvalue weighted by atomic mass is 9.85. The lowest BCUT2D eigenvalue weighted by Crippen LogP contribution is -2.20. The molecule has 1 aromatic carbocycles. The minimum Gasteiger partial charge on any atom is -0.359 e. The molecule has 2 heteroatoms.